The highest BCUT2D eigenvalue weighted by Crippen LogP contribution is 2.28. The summed E-state index contributed by atoms with van der Waals surface area (Å²) in [6.07, 6.45) is 2.13. The minimum absolute atomic E-state index is 0.493. The lowest BCUT2D eigenvalue weighted by Crippen LogP contribution is -2.16. The van der Waals surface area contributed by atoms with Gasteiger partial charge < -0.3 is 14.8 Å². The van der Waals surface area contributed by atoms with E-state index in [4.69, 9.17) is 26.3 Å². The molecule has 0 aromatic heterocycles. The Bertz CT molecular complexity index is 713. The molecule has 0 heterocycles. The molecular weight excluding hydrogens is 336 g/mol. The van der Waals surface area contributed by atoms with E-state index in [-0.39, 0.29) is 0 Å². The van der Waals surface area contributed by atoms with Gasteiger partial charge in [-0.1, -0.05) is 29.8 Å². The van der Waals surface area contributed by atoms with Crippen LogP contribution in [0.5, 0.6) is 11.5 Å². The van der Waals surface area contributed by atoms with E-state index in [2.05, 4.69) is 17.5 Å². The highest BCUT2D eigenvalue weighted by atomic mass is 35.5. The van der Waals surface area contributed by atoms with Crippen LogP contribution in [-0.2, 0) is 13.0 Å². The van der Waals surface area contributed by atoms with Crippen molar-refractivity contribution in [2.45, 2.75) is 25.8 Å². The van der Waals surface area contributed by atoms with Gasteiger partial charge in [0.15, 0.2) is 11.5 Å². The van der Waals surface area contributed by atoms with Crippen molar-refractivity contribution in [1.29, 1.82) is 5.26 Å². The summed E-state index contributed by atoms with van der Waals surface area (Å²) in [7, 11) is 1.63. The van der Waals surface area contributed by atoms with Crippen molar-refractivity contribution in [3.8, 4) is 17.6 Å². The fraction of sp³-hybridized carbons (Fsp3) is 0.350. The Morgan fingerprint density at radius 1 is 1.12 bits per heavy atom. The Morgan fingerprint density at radius 3 is 2.76 bits per heavy atom. The van der Waals surface area contributed by atoms with Crippen molar-refractivity contribution < 1.29 is 9.47 Å². The first-order valence-corrected chi connectivity index (χ1v) is 8.72. The van der Waals surface area contributed by atoms with Crippen LogP contribution >= 0.6 is 11.6 Å². The van der Waals surface area contributed by atoms with E-state index in [1.54, 1.807) is 7.11 Å². The SMILES string of the molecule is COc1ccc(CNCCc2cccc(Cl)c2)cc1OCCCC#N. The van der Waals surface area contributed by atoms with Crippen molar-refractivity contribution in [1.82, 2.24) is 5.32 Å². The van der Waals surface area contributed by atoms with Crippen LogP contribution in [0.25, 0.3) is 0 Å². The van der Waals surface area contributed by atoms with Gasteiger partial charge in [0.2, 0.25) is 0 Å². The molecule has 2 aromatic carbocycles. The van der Waals surface area contributed by atoms with Crippen LogP contribution in [0.3, 0.4) is 0 Å². The van der Waals surface area contributed by atoms with Gasteiger partial charge in [0.1, 0.15) is 0 Å². The highest BCUT2D eigenvalue weighted by Gasteiger charge is 2.06. The van der Waals surface area contributed by atoms with Crippen molar-refractivity contribution in [2.75, 3.05) is 20.3 Å². The van der Waals surface area contributed by atoms with Crippen molar-refractivity contribution in [3.63, 3.8) is 0 Å². The van der Waals surface area contributed by atoms with Crippen LogP contribution in [0.2, 0.25) is 5.02 Å². The molecule has 5 heteroatoms. The minimum atomic E-state index is 0.493. The molecule has 0 aliphatic rings. The first-order valence-electron chi connectivity index (χ1n) is 8.34. The summed E-state index contributed by atoms with van der Waals surface area (Å²) < 4.78 is 11.1. The van der Waals surface area contributed by atoms with Gasteiger partial charge in [-0.15, -0.1) is 0 Å². The zero-order valence-electron chi connectivity index (χ0n) is 14.4. The molecule has 2 aromatic rings. The molecule has 1 N–H and O–H groups in total. The van der Waals surface area contributed by atoms with Crippen LogP contribution in [-0.4, -0.2) is 20.3 Å². The van der Waals surface area contributed by atoms with Gasteiger partial charge in [0, 0.05) is 18.0 Å². The van der Waals surface area contributed by atoms with E-state index in [1.807, 2.05) is 36.4 Å². The van der Waals surface area contributed by atoms with Crippen LogP contribution in [0.4, 0.5) is 0 Å². The number of hydrogen-bond donors (Lipinski definition) is 1. The molecule has 0 unspecified atom stereocenters. The maximum atomic E-state index is 8.58. The smallest absolute Gasteiger partial charge is 0.161 e. The molecule has 132 valence electrons. The van der Waals surface area contributed by atoms with E-state index in [0.29, 0.717) is 25.2 Å². The van der Waals surface area contributed by atoms with Crippen molar-refractivity contribution in [2.24, 2.45) is 0 Å². The molecule has 0 amide bonds. The zero-order chi connectivity index (χ0) is 17.9. The standard InChI is InChI=1S/C20H23ClN2O2/c1-24-19-8-7-17(14-20(19)25-12-3-2-10-22)15-23-11-9-16-5-4-6-18(21)13-16/h4-8,13-14,23H,2-3,9,11-12,15H2,1H3. The Hall–Kier alpha value is -2.22. The summed E-state index contributed by atoms with van der Waals surface area (Å²) in [5.41, 5.74) is 2.35. The number of hydrogen-bond acceptors (Lipinski definition) is 4. The third kappa shape index (κ3) is 6.66. The summed E-state index contributed by atoms with van der Waals surface area (Å²) in [5, 5.41) is 12.8. The maximum absolute atomic E-state index is 8.58. The highest BCUT2D eigenvalue weighted by molar-refractivity contribution is 6.30. The van der Waals surface area contributed by atoms with E-state index >= 15 is 0 Å². The van der Waals surface area contributed by atoms with E-state index in [1.165, 1.54) is 5.56 Å². The molecule has 2 rings (SSSR count). The molecule has 0 radical (unpaired) electrons. The number of benzene rings is 2. The van der Waals surface area contributed by atoms with Crippen molar-refractivity contribution >= 4 is 11.6 Å². The Balaban J connectivity index is 1.83. The Morgan fingerprint density at radius 2 is 2.00 bits per heavy atom. The molecule has 0 bridgehead atoms. The number of methoxy groups -OCH3 is 1. The number of nitriles is 1. The fourth-order valence-electron chi connectivity index (χ4n) is 2.44. The monoisotopic (exact) mass is 358 g/mol. The van der Waals surface area contributed by atoms with E-state index in [0.717, 1.165) is 35.8 Å². The van der Waals surface area contributed by atoms with Gasteiger partial charge in [-0.2, -0.15) is 5.26 Å². The molecule has 0 aliphatic carbocycles. The summed E-state index contributed by atoms with van der Waals surface area (Å²) >= 11 is 6.00. The Labute approximate surface area is 154 Å². The average Bonchev–Trinajstić information content (AvgIpc) is 2.63. The predicted octanol–water partition coefficient (Wildman–Crippen LogP) is 4.36. The van der Waals surface area contributed by atoms with Gasteiger partial charge in [0.05, 0.1) is 19.8 Å². The third-order valence-electron chi connectivity index (χ3n) is 3.73. The third-order valence-corrected chi connectivity index (χ3v) is 3.96. The van der Waals surface area contributed by atoms with E-state index in [9.17, 15) is 0 Å². The van der Waals surface area contributed by atoms with Gasteiger partial charge in [-0.3, -0.25) is 0 Å². The first-order chi connectivity index (χ1) is 12.2. The summed E-state index contributed by atoms with van der Waals surface area (Å²) in [5.74, 6) is 1.43. The molecule has 0 atom stereocenters. The van der Waals surface area contributed by atoms with E-state index < -0.39 is 0 Å². The van der Waals surface area contributed by atoms with Gasteiger partial charge >= 0.3 is 0 Å². The average molecular weight is 359 g/mol. The van der Waals surface area contributed by atoms with Gasteiger partial charge in [0.25, 0.3) is 0 Å². The molecule has 0 fully saturated rings. The number of ether oxygens (including phenoxy) is 2. The Kier molecular flexibility index (Phi) is 8.11. The minimum Gasteiger partial charge on any atom is -0.493 e. The number of halogens is 1. The molecule has 4 nitrogen and oxygen atoms in total. The molecule has 0 saturated carbocycles. The lowest BCUT2D eigenvalue weighted by molar-refractivity contribution is 0.290. The van der Waals surface area contributed by atoms with Gasteiger partial charge in [-0.25, -0.2) is 0 Å². The summed E-state index contributed by atoms with van der Waals surface area (Å²) in [4.78, 5) is 0. The molecule has 0 spiro atoms. The van der Waals surface area contributed by atoms with Crippen LogP contribution in [0, 0.1) is 11.3 Å². The topological polar surface area (TPSA) is 54.3 Å². The van der Waals surface area contributed by atoms with Crippen LogP contribution in [0.15, 0.2) is 42.5 Å². The fourth-order valence-corrected chi connectivity index (χ4v) is 2.65. The first kappa shape index (κ1) is 19.1. The number of nitrogens with zero attached hydrogens (tertiary/aromatic N) is 1. The predicted molar refractivity (Wildman–Crippen MR) is 100 cm³/mol. The van der Waals surface area contributed by atoms with Gasteiger partial charge in [-0.05, 0) is 54.8 Å². The lowest BCUT2D eigenvalue weighted by Gasteiger charge is -2.12. The number of rotatable bonds is 10. The second kappa shape index (κ2) is 10.6. The summed E-state index contributed by atoms with van der Waals surface area (Å²) in [6, 6.07) is 16.0. The maximum Gasteiger partial charge on any atom is 0.161 e. The molecule has 25 heavy (non-hydrogen) atoms. The normalized spacial score (nSPS) is 10.3. The van der Waals surface area contributed by atoms with Crippen LogP contribution in [0.1, 0.15) is 24.0 Å². The molecule has 0 aliphatic heterocycles. The van der Waals surface area contributed by atoms with Crippen molar-refractivity contribution in [3.05, 3.63) is 58.6 Å². The lowest BCUT2D eigenvalue weighted by atomic mass is 10.1. The molecule has 0 saturated heterocycles. The number of nitrogens with one attached hydrogen (secondary N) is 1. The quantitative estimate of drug-likeness (QED) is 0.641. The second-order valence-electron chi connectivity index (χ2n) is 5.65. The largest absolute Gasteiger partial charge is 0.493 e. The summed E-state index contributed by atoms with van der Waals surface area (Å²) in [6.45, 7) is 2.12. The van der Waals surface area contributed by atoms with Crippen LogP contribution < -0.4 is 14.8 Å². The molecular formula is C20H23ClN2O2. The zero-order valence-corrected chi connectivity index (χ0v) is 15.2. The number of unbranched alkanes of at least 4 members (excludes halogenated alkanes) is 1. The second-order valence-corrected chi connectivity index (χ2v) is 6.09.